The molecule has 2 atom stereocenters. The van der Waals surface area contributed by atoms with Crippen LogP contribution in [0.1, 0.15) is 31.0 Å². The first-order valence-electron chi connectivity index (χ1n) is 4.95. The smallest absolute Gasteiger partial charge is 0.111 e. The third-order valence-corrected chi connectivity index (χ3v) is 3.06. The van der Waals surface area contributed by atoms with Crippen LogP contribution in [-0.4, -0.2) is 22.6 Å². The first kappa shape index (κ1) is 8.75. The predicted molar refractivity (Wildman–Crippen MR) is 52.6 cm³/mol. The quantitative estimate of drug-likeness (QED) is 0.741. The average Bonchev–Trinajstić information content (AvgIpc) is 2.71. The van der Waals surface area contributed by atoms with Crippen LogP contribution < -0.4 is 5.32 Å². The number of aromatic nitrogens is 2. The summed E-state index contributed by atoms with van der Waals surface area (Å²) in [4.78, 5) is 4.40. The van der Waals surface area contributed by atoms with Crippen molar-refractivity contribution in [3.63, 3.8) is 0 Å². The first-order chi connectivity index (χ1) is 6.31. The Labute approximate surface area is 79.2 Å². The maximum Gasteiger partial charge on any atom is 0.111 e. The van der Waals surface area contributed by atoms with E-state index in [4.69, 9.17) is 0 Å². The van der Waals surface area contributed by atoms with Gasteiger partial charge < -0.3 is 9.88 Å². The Hall–Kier alpha value is -0.830. The molecule has 1 aromatic heterocycles. The van der Waals surface area contributed by atoms with Crippen molar-refractivity contribution in [3.8, 4) is 0 Å². The van der Waals surface area contributed by atoms with Crippen molar-refractivity contribution in [1.82, 2.24) is 14.9 Å². The minimum absolute atomic E-state index is 0.664. The average molecular weight is 179 g/mol. The van der Waals surface area contributed by atoms with Crippen LogP contribution >= 0.6 is 0 Å². The fourth-order valence-corrected chi connectivity index (χ4v) is 2.25. The maximum absolute atomic E-state index is 4.40. The normalized spacial score (nSPS) is 28.2. The molecule has 3 nitrogen and oxygen atoms in total. The molecular formula is C10H17N3. The molecule has 0 bridgehead atoms. The molecular weight excluding hydrogens is 162 g/mol. The summed E-state index contributed by atoms with van der Waals surface area (Å²) in [6.45, 7) is 0. The summed E-state index contributed by atoms with van der Waals surface area (Å²) in [5, 5.41) is 3.34. The maximum atomic E-state index is 4.40. The van der Waals surface area contributed by atoms with E-state index in [0.29, 0.717) is 12.0 Å². The van der Waals surface area contributed by atoms with Crippen molar-refractivity contribution >= 4 is 0 Å². The number of imidazole rings is 1. The summed E-state index contributed by atoms with van der Waals surface area (Å²) in [6, 6.07) is 0.696. The second-order valence-electron chi connectivity index (χ2n) is 3.89. The molecule has 0 spiro atoms. The Kier molecular flexibility index (Phi) is 2.36. The molecule has 1 aliphatic carbocycles. The zero-order chi connectivity index (χ0) is 9.26. The molecule has 0 saturated heterocycles. The van der Waals surface area contributed by atoms with E-state index >= 15 is 0 Å². The number of hydrogen-bond acceptors (Lipinski definition) is 2. The molecule has 1 aliphatic rings. The lowest BCUT2D eigenvalue weighted by Crippen LogP contribution is -2.21. The monoisotopic (exact) mass is 179 g/mol. The molecule has 0 aromatic carbocycles. The van der Waals surface area contributed by atoms with Crippen molar-refractivity contribution < 1.29 is 0 Å². The second-order valence-corrected chi connectivity index (χ2v) is 3.89. The number of hydrogen-bond donors (Lipinski definition) is 1. The fraction of sp³-hybridized carbons (Fsp3) is 0.700. The van der Waals surface area contributed by atoms with Gasteiger partial charge in [0.05, 0.1) is 0 Å². The van der Waals surface area contributed by atoms with E-state index in [-0.39, 0.29) is 0 Å². The van der Waals surface area contributed by atoms with Gasteiger partial charge in [-0.3, -0.25) is 0 Å². The molecule has 0 amide bonds. The highest BCUT2D eigenvalue weighted by Gasteiger charge is 2.26. The topological polar surface area (TPSA) is 29.9 Å². The van der Waals surface area contributed by atoms with Crippen LogP contribution in [0.2, 0.25) is 0 Å². The third kappa shape index (κ3) is 1.61. The van der Waals surface area contributed by atoms with Crippen LogP contribution in [0, 0.1) is 0 Å². The van der Waals surface area contributed by atoms with E-state index in [9.17, 15) is 0 Å². The molecule has 1 aromatic rings. The van der Waals surface area contributed by atoms with Crippen molar-refractivity contribution in [2.75, 3.05) is 7.05 Å². The van der Waals surface area contributed by atoms with Crippen LogP contribution in [0.15, 0.2) is 12.4 Å². The molecule has 2 unspecified atom stereocenters. The predicted octanol–water partition coefficient (Wildman–Crippen LogP) is 1.28. The van der Waals surface area contributed by atoms with Gasteiger partial charge in [-0.05, 0) is 26.3 Å². The lowest BCUT2D eigenvalue weighted by molar-refractivity contribution is 0.559. The molecule has 3 heteroatoms. The Morgan fingerprint density at radius 3 is 2.92 bits per heavy atom. The van der Waals surface area contributed by atoms with Gasteiger partial charge in [0, 0.05) is 31.4 Å². The molecule has 13 heavy (non-hydrogen) atoms. The van der Waals surface area contributed by atoms with Gasteiger partial charge >= 0.3 is 0 Å². The number of rotatable bonds is 2. The summed E-state index contributed by atoms with van der Waals surface area (Å²) >= 11 is 0. The van der Waals surface area contributed by atoms with E-state index in [2.05, 4.69) is 21.9 Å². The van der Waals surface area contributed by atoms with Crippen LogP contribution in [0.4, 0.5) is 0 Å². The van der Waals surface area contributed by atoms with Gasteiger partial charge in [-0.15, -0.1) is 0 Å². The standard InChI is InChI=1S/C10H17N3/c1-11-9-4-3-8(7-9)10-12-5-6-13(10)2/h5-6,8-9,11H,3-4,7H2,1-2H3. The molecule has 1 N–H and O–H groups in total. The van der Waals surface area contributed by atoms with Gasteiger partial charge in [0.25, 0.3) is 0 Å². The Morgan fingerprint density at radius 2 is 2.38 bits per heavy atom. The summed E-state index contributed by atoms with van der Waals surface area (Å²) in [5.74, 6) is 1.91. The number of nitrogens with one attached hydrogen (secondary N) is 1. The number of aryl methyl sites for hydroxylation is 1. The molecule has 72 valence electrons. The Bertz CT molecular complexity index is 279. The van der Waals surface area contributed by atoms with Gasteiger partial charge in [0.15, 0.2) is 0 Å². The zero-order valence-electron chi connectivity index (χ0n) is 8.33. The third-order valence-electron chi connectivity index (χ3n) is 3.06. The summed E-state index contributed by atoms with van der Waals surface area (Å²) < 4.78 is 2.14. The van der Waals surface area contributed by atoms with Gasteiger partial charge in [-0.2, -0.15) is 0 Å². The highest BCUT2D eigenvalue weighted by atomic mass is 15.0. The molecule has 0 aliphatic heterocycles. The van der Waals surface area contributed by atoms with Gasteiger partial charge in [0.2, 0.25) is 0 Å². The van der Waals surface area contributed by atoms with Crippen molar-refractivity contribution in [2.45, 2.75) is 31.2 Å². The van der Waals surface area contributed by atoms with Gasteiger partial charge in [-0.1, -0.05) is 0 Å². The summed E-state index contributed by atoms with van der Waals surface area (Å²) in [7, 11) is 4.13. The van der Waals surface area contributed by atoms with E-state index in [1.807, 2.05) is 19.4 Å². The Balaban J connectivity index is 2.08. The highest BCUT2D eigenvalue weighted by Crippen LogP contribution is 2.32. The van der Waals surface area contributed by atoms with Crippen LogP contribution in [0.5, 0.6) is 0 Å². The van der Waals surface area contributed by atoms with Crippen LogP contribution in [-0.2, 0) is 7.05 Å². The molecule has 1 fully saturated rings. The molecule has 0 radical (unpaired) electrons. The summed E-state index contributed by atoms with van der Waals surface area (Å²) in [5.41, 5.74) is 0. The van der Waals surface area contributed by atoms with Crippen molar-refractivity contribution in [2.24, 2.45) is 7.05 Å². The minimum Gasteiger partial charge on any atom is -0.338 e. The second kappa shape index (κ2) is 3.50. The van der Waals surface area contributed by atoms with Crippen LogP contribution in [0.3, 0.4) is 0 Å². The lowest BCUT2D eigenvalue weighted by Gasteiger charge is -2.10. The lowest BCUT2D eigenvalue weighted by atomic mass is 10.1. The van der Waals surface area contributed by atoms with E-state index in [0.717, 1.165) is 0 Å². The van der Waals surface area contributed by atoms with Crippen molar-refractivity contribution in [3.05, 3.63) is 18.2 Å². The molecule has 2 rings (SSSR count). The fourth-order valence-electron chi connectivity index (χ4n) is 2.25. The van der Waals surface area contributed by atoms with Gasteiger partial charge in [-0.25, -0.2) is 4.98 Å². The van der Waals surface area contributed by atoms with E-state index in [1.54, 1.807) is 0 Å². The summed E-state index contributed by atoms with van der Waals surface area (Å²) in [6.07, 6.45) is 7.72. The minimum atomic E-state index is 0.664. The first-order valence-corrected chi connectivity index (χ1v) is 4.95. The number of nitrogens with zero attached hydrogens (tertiary/aromatic N) is 2. The Morgan fingerprint density at radius 1 is 1.54 bits per heavy atom. The van der Waals surface area contributed by atoms with E-state index < -0.39 is 0 Å². The van der Waals surface area contributed by atoms with E-state index in [1.165, 1.54) is 25.1 Å². The van der Waals surface area contributed by atoms with Crippen molar-refractivity contribution in [1.29, 1.82) is 0 Å². The van der Waals surface area contributed by atoms with Crippen LogP contribution in [0.25, 0.3) is 0 Å². The van der Waals surface area contributed by atoms with Gasteiger partial charge in [0.1, 0.15) is 5.82 Å². The highest BCUT2D eigenvalue weighted by molar-refractivity contribution is 5.04. The largest absolute Gasteiger partial charge is 0.338 e. The molecule has 1 saturated carbocycles. The SMILES string of the molecule is CNC1CCC(c2nccn2C)C1. The zero-order valence-corrected chi connectivity index (χ0v) is 8.33. The molecule has 1 heterocycles.